The Labute approximate surface area is 122 Å². The summed E-state index contributed by atoms with van der Waals surface area (Å²) in [6.45, 7) is 2.56. The fourth-order valence-electron chi connectivity index (χ4n) is 2.37. The number of ether oxygens (including phenoxy) is 1. The summed E-state index contributed by atoms with van der Waals surface area (Å²) >= 11 is 0. The number of rotatable bonds is 4. The Bertz CT molecular complexity index is 782. The minimum atomic E-state index is -0.316. The van der Waals surface area contributed by atoms with E-state index in [4.69, 9.17) is 4.74 Å². The van der Waals surface area contributed by atoms with Crippen LogP contribution in [0.2, 0.25) is 0 Å². The first-order chi connectivity index (χ1) is 10.2. The molecular formula is C16H16FN3O. The molecule has 0 amide bonds. The monoisotopic (exact) mass is 285 g/mol. The second kappa shape index (κ2) is 5.44. The number of aromatic nitrogens is 2. The number of pyridine rings is 1. The molecule has 0 saturated heterocycles. The average Bonchev–Trinajstić information content (AvgIpc) is 2.81. The second-order valence-corrected chi connectivity index (χ2v) is 4.77. The Morgan fingerprint density at radius 3 is 2.95 bits per heavy atom. The van der Waals surface area contributed by atoms with Gasteiger partial charge in [-0.1, -0.05) is 6.07 Å². The van der Waals surface area contributed by atoms with Crippen molar-refractivity contribution < 1.29 is 9.13 Å². The van der Waals surface area contributed by atoms with Gasteiger partial charge in [0.05, 0.1) is 30.7 Å². The molecule has 0 bridgehead atoms. The maximum atomic E-state index is 13.2. The summed E-state index contributed by atoms with van der Waals surface area (Å²) in [7, 11) is 1.53. The number of nitrogens with zero attached hydrogens (tertiary/aromatic N) is 2. The molecule has 3 rings (SSSR count). The van der Waals surface area contributed by atoms with Crippen LogP contribution in [0.1, 0.15) is 11.4 Å². The van der Waals surface area contributed by atoms with Crippen molar-refractivity contribution in [3.8, 4) is 5.75 Å². The molecule has 0 spiro atoms. The highest BCUT2D eigenvalue weighted by Crippen LogP contribution is 2.25. The van der Waals surface area contributed by atoms with E-state index in [1.165, 1.54) is 19.2 Å². The van der Waals surface area contributed by atoms with Gasteiger partial charge in [0.1, 0.15) is 17.2 Å². The maximum Gasteiger partial charge on any atom is 0.144 e. The molecule has 0 radical (unpaired) electrons. The zero-order chi connectivity index (χ0) is 14.8. The van der Waals surface area contributed by atoms with Crippen LogP contribution in [-0.4, -0.2) is 16.5 Å². The molecule has 21 heavy (non-hydrogen) atoms. The quantitative estimate of drug-likeness (QED) is 0.798. The third-order valence-corrected chi connectivity index (χ3v) is 3.44. The van der Waals surface area contributed by atoms with Crippen LogP contribution in [0.3, 0.4) is 0 Å². The Morgan fingerprint density at radius 1 is 1.29 bits per heavy atom. The Kier molecular flexibility index (Phi) is 3.48. The maximum absolute atomic E-state index is 13.2. The van der Waals surface area contributed by atoms with Crippen LogP contribution < -0.4 is 10.1 Å². The number of hydrogen-bond acceptors (Lipinski definition) is 3. The number of hydrogen-bond donors (Lipinski definition) is 1. The molecule has 0 unspecified atom stereocenters. The molecule has 3 aromatic rings. The standard InChI is InChI=1S/C16H16FN3O/c1-11-14(20-8-4-3-5-16(20)19-11)10-18-13-7-6-12(17)9-15(13)21-2/h3-9,18H,10H2,1-2H3. The number of anilines is 1. The van der Waals surface area contributed by atoms with Gasteiger partial charge < -0.3 is 14.5 Å². The van der Waals surface area contributed by atoms with E-state index >= 15 is 0 Å². The molecule has 2 aromatic heterocycles. The van der Waals surface area contributed by atoms with Crippen LogP contribution in [0, 0.1) is 12.7 Å². The van der Waals surface area contributed by atoms with E-state index < -0.39 is 0 Å². The molecule has 0 fully saturated rings. The van der Waals surface area contributed by atoms with Crippen molar-refractivity contribution in [2.75, 3.05) is 12.4 Å². The van der Waals surface area contributed by atoms with Gasteiger partial charge in [-0.3, -0.25) is 0 Å². The van der Waals surface area contributed by atoms with E-state index in [2.05, 4.69) is 10.3 Å². The van der Waals surface area contributed by atoms with Gasteiger partial charge in [-0.25, -0.2) is 9.37 Å². The summed E-state index contributed by atoms with van der Waals surface area (Å²) in [5.74, 6) is 0.171. The number of fused-ring (bicyclic) bond motifs is 1. The average molecular weight is 285 g/mol. The van der Waals surface area contributed by atoms with E-state index in [0.29, 0.717) is 12.3 Å². The topological polar surface area (TPSA) is 38.6 Å². The van der Waals surface area contributed by atoms with Gasteiger partial charge in [-0.15, -0.1) is 0 Å². The third-order valence-electron chi connectivity index (χ3n) is 3.44. The molecule has 1 aromatic carbocycles. The number of methoxy groups -OCH3 is 1. The van der Waals surface area contributed by atoms with E-state index in [1.54, 1.807) is 6.07 Å². The third kappa shape index (κ3) is 2.54. The highest BCUT2D eigenvalue weighted by Gasteiger charge is 2.09. The Morgan fingerprint density at radius 2 is 2.14 bits per heavy atom. The number of aryl methyl sites for hydroxylation is 1. The molecule has 108 valence electrons. The van der Waals surface area contributed by atoms with Crippen LogP contribution in [0.4, 0.5) is 10.1 Å². The van der Waals surface area contributed by atoms with Gasteiger partial charge in [0.25, 0.3) is 0 Å². The van der Waals surface area contributed by atoms with Crippen LogP contribution in [0.25, 0.3) is 5.65 Å². The summed E-state index contributed by atoms with van der Waals surface area (Å²) in [4.78, 5) is 4.51. The predicted octanol–water partition coefficient (Wildman–Crippen LogP) is 3.40. The first-order valence-corrected chi connectivity index (χ1v) is 6.69. The molecule has 0 saturated carbocycles. The van der Waals surface area contributed by atoms with Crippen LogP contribution >= 0.6 is 0 Å². The fourth-order valence-corrected chi connectivity index (χ4v) is 2.37. The highest BCUT2D eigenvalue weighted by molar-refractivity contribution is 5.57. The highest BCUT2D eigenvalue weighted by atomic mass is 19.1. The van der Waals surface area contributed by atoms with Crippen molar-refractivity contribution >= 4 is 11.3 Å². The summed E-state index contributed by atoms with van der Waals surface area (Å²) in [5.41, 5.74) is 3.70. The Balaban J connectivity index is 1.88. The number of benzene rings is 1. The lowest BCUT2D eigenvalue weighted by Gasteiger charge is -2.11. The zero-order valence-electron chi connectivity index (χ0n) is 11.9. The summed E-state index contributed by atoms with van der Waals surface area (Å²) in [6, 6.07) is 10.3. The number of imidazole rings is 1. The lowest BCUT2D eigenvalue weighted by molar-refractivity contribution is 0.413. The molecule has 0 atom stereocenters. The fraction of sp³-hybridized carbons (Fsp3) is 0.188. The summed E-state index contributed by atoms with van der Waals surface area (Å²) in [6.07, 6.45) is 1.98. The lowest BCUT2D eigenvalue weighted by Crippen LogP contribution is -2.05. The molecule has 4 nitrogen and oxygen atoms in total. The Hall–Kier alpha value is -2.56. The molecule has 0 aliphatic heterocycles. The predicted molar refractivity (Wildman–Crippen MR) is 80.2 cm³/mol. The minimum absolute atomic E-state index is 0.316. The van der Waals surface area contributed by atoms with Crippen LogP contribution in [0.15, 0.2) is 42.6 Å². The van der Waals surface area contributed by atoms with E-state index in [9.17, 15) is 4.39 Å². The van der Waals surface area contributed by atoms with E-state index in [-0.39, 0.29) is 5.82 Å². The van der Waals surface area contributed by atoms with Gasteiger partial charge in [-0.2, -0.15) is 0 Å². The first kappa shape index (κ1) is 13.4. The molecule has 1 N–H and O–H groups in total. The largest absolute Gasteiger partial charge is 0.494 e. The summed E-state index contributed by atoms with van der Waals surface area (Å²) < 4.78 is 20.4. The van der Waals surface area contributed by atoms with E-state index in [0.717, 1.165) is 22.7 Å². The minimum Gasteiger partial charge on any atom is -0.494 e. The van der Waals surface area contributed by atoms with Crippen molar-refractivity contribution in [1.29, 1.82) is 0 Å². The van der Waals surface area contributed by atoms with Crippen molar-refractivity contribution in [2.45, 2.75) is 13.5 Å². The zero-order valence-corrected chi connectivity index (χ0v) is 11.9. The molecule has 0 aliphatic rings. The second-order valence-electron chi connectivity index (χ2n) is 4.77. The molecule has 5 heteroatoms. The molecular weight excluding hydrogens is 269 g/mol. The van der Waals surface area contributed by atoms with Gasteiger partial charge in [-0.05, 0) is 31.2 Å². The molecule has 0 aliphatic carbocycles. The lowest BCUT2D eigenvalue weighted by atomic mass is 10.2. The van der Waals surface area contributed by atoms with Gasteiger partial charge >= 0.3 is 0 Å². The van der Waals surface area contributed by atoms with Gasteiger partial charge in [0, 0.05) is 12.3 Å². The van der Waals surface area contributed by atoms with Gasteiger partial charge in [0.2, 0.25) is 0 Å². The number of halogens is 1. The number of nitrogens with one attached hydrogen (secondary N) is 1. The van der Waals surface area contributed by atoms with Crippen LogP contribution in [-0.2, 0) is 6.54 Å². The molecule has 2 heterocycles. The summed E-state index contributed by atoms with van der Waals surface area (Å²) in [5, 5.41) is 3.27. The van der Waals surface area contributed by atoms with Crippen molar-refractivity contribution in [3.63, 3.8) is 0 Å². The first-order valence-electron chi connectivity index (χ1n) is 6.69. The van der Waals surface area contributed by atoms with E-state index in [1.807, 2.05) is 35.7 Å². The normalized spacial score (nSPS) is 10.8. The van der Waals surface area contributed by atoms with Crippen molar-refractivity contribution in [2.24, 2.45) is 0 Å². The SMILES string of the molecule is COc1cc(F)ccc1NCc1c(C)nc2ccccn12. The van der Waals surface area contributed by atoms with Gasteiger partial charge in [0.15, 0.2) is 0 Å². The van der Waals surface area contributed by atoms with Crippen LogP contribution in [0.5, 0.6) is 5.75 Å². The van der Waals surface area contributed by atoms with Crippen molar-refractivity contribution in [1.82, 2.24) is 9.38 Å². The smallest absolute Gasteiger partial charge is 0.144 e. The van der Waals surface area contributed by atoms with Crippen molar-refractivity contribution in [3.05, 3.63) is 59.8 Å².